The van der Waals surface area contributed by atoms with Crippen LogP contribution in [0.5, 0.6) is 0 Å². The van der Waals surface area contributed by atoms with Crippen LogP contribution >= 0.6 is 11.6 Å². The van der Waals surface area contributed by atoms with E-state index in [9.17, 15) is 4.39 Å². The van der Waals surface area contributed by atoms with Crippen LogP contribution in [0.1, 0.15) is 102 Å². The molecule has 3 rings (SSSR count). The van der Waals surface area contributed by atoms with Crippen LogP contribution in [0.4, 0.5) is 4.39 Å². The summed E-state index contributed by atoms with van der Waals surface area (Å²) in [5.74, 6) is 0.904. The fourth-order valence-electron chi connectivity index (χ4n) is 3.55. The molecule has 5 heteroatoms. The van der Waals surface area contributed by atoms with Crippen molar-refractivity contribution in [2.24, 2.45) is 16.6 Å². The lowest BCUT2D eigenvalue weighted by atomic mass is 9.93. The molecule has 0 spiro atoms. The van der Waals surface area contributed by atoms with E-state index < -0.39 is 6.17 Å². The van der Waals surface area contributed by atoms with Gasteiger partial charge in [0, 0.05) is 39.8 Å². The molecule has 0 fully saturated rings. The number of nitrogens with two attached hydrogens (primary N) is 1. The number of fused-ring (bicyclic) bond motifs is 1. The number of rotatable bonds is 7. The maximum Gasteiger partial charge on any atom is 0.123 e. The first-order chi connectivity index (χ1) is 15.8. The Bertz CT molecular complexity index is 904. The van der Waals surface area contributed by atoms with Crippen LogP contribution in [-0.2, 0) is 0 Å². The lowest BCUT2D eigenvalue weighted by Gasteiger charge is -2.15. The lowest BCUT2D eigenvalue weighted by molar-refractivity contribution is 0.374. The lowest BCUT2D eigenvalue weighted by Crippen LogP contribution is -2.11. The summed E-state index contributed by atoms with van der Waals surface area (Å²) in [4.78, 5) is 8.70. The van der Waals surface area contributed by atoms with Crippen molar-refractivity contribution in [3.05, 3.63) is 70.0 Å². The van der Waals surface area contributed by atoms with Crippen LogP contribution in [0.15, 0.2) is 47.7 Å². The minimum atomic E-state index is -1.14. The largest absolute Gasteiger partial charge is 0.398 e. The molecule has 2 heterocycles. The fraction of sp³-hybridized carbons (Fsp3) is 0.500. The van der Waals surface area contributed by atoms with Gasteiger partial charge >= 0.3 is 0 Å². The number of aromatic nitrogens is 1. The summed E-state index contributed by atoms with van der Waals surface area (Å²) in [6, 6.07) is 7.04. The van der Waals surface area contributed by atoms with Crippen LogP contribution in [0.2, 0.25) is 5.02 Å². The van der Waals surface area contributed by atoms with Gasteiger partial charge in [0.25, 0.3) is 0 Å². The smallest absolute Gasteiger partial charge is 0.123 e. The second kappa shape index (κ2) is 15.6. The van der Waals surface area contributed by atoms with Crippen LogP contribution in [-0.4, -0.2) is 17.2 Å². The number of nitrogens with zero attached hydrogens (tertiary/aromatic N) is 2. The Kier molecular flexibility index (Phi) is 13.6. The summed E-state index contributed by atoms with van der Waals surface area (Å²) >= 11 is 6.01. The Hall–Kier alpha value is -2.20. The molecule has 0 saturated heterocycles. The van der Waals surface area contributed by atoms with E-state index in [2.05, 4.69) is 30.7 Å². The van der Waals surface area contributed by atoms with Crippen molar-refractivity contribution in [1.82, 2.24) is 4.98 Å². The summed E-state index contributed by atoms with van der Waals surface area (Å²) < 4.78 is 14.0. The molecule has 2 aromatic rings. The molecule has 3 nitrogen and oxygen atoms in total. The number of pyridine rings is 1. The molecule has 0 radical (unpaired) electrons. The maximum atomic E-state index is 14.0. The third-order valence-corrected chi connectivity index (χ3v) is 5.52. The number of unbranched alkanes of at least 4 members (excludes halogenated alkanes) is 3. The van der Waals surface area contributed by atoms with Crippen molar-refractivity contribution in [1.29, 1.82) is 0 Å². The molecule has 182 valence electrons. The van der Waals surface area contributed by atoms with Crippen molar-refractivity contribution >= 4 is 23.0 Å². The molecule has 2 N–H and O–H groups in total. The minimum absolute atomic E-state index is 0.443. The van der Waals surface area contributed by atoms with Crippen molar-refractivity contribution in [2.75, 3.05) is 6.54 Å². The van der Waals surface area contributed by atoms with Crippen LogP contribution < -0.4 is 5.73 Å². The normalized spacial score (nSPS) is 13.4. The van der Waals surface area contributed by atoms with Gasteiger partial charge in [-0.2, -0.15) is 0 Å². The quantitative estimate of drug-likeness (QED) is 0.409. The number of aliphatic imine (C=N–C) groups is 1. The van der Waals surface area contributed by atoms with Crippen molar-refractivity contribution in [3.63, 3.8) is 0 Å². The fourth-order valence-corrected chi connectivity index (χ4v) is 3.73. The maximum absolute atomic E-state index is 14.0. The summed E-state index contributed by atoms with van der Waals surface area (Å²) in [6.45, 7) is 12.8. The topological polar surface area (TPSA) is 51.3 Å². The SMILES string of the molecule is CC.CC(F)c1cc(Cl)ccc1C1=NCC=C(N)c2cnccc21.CCCCCCC(C)C. The monoisotopic (exact) mass is 473 g/mol. The number of halogens is 2. The Labute approximate surface area is 205 Å². The highest BCUT2D eigenvalue weighted by Gasteiger charge is 2.20. The first-order valence-corrected chi connectivity index (χ1v) is 12.6. The van der Waals surface area contributed by atoms with Gasteiger partial charge in [-0.15, -0.1) is 0 Å². The summed E-state index contributed by atoms with van der Waals surface area (Å²) in [6.07, 6.45) is 11.2. The van der Waals surface area contributed by atoms with Crippen molar-refractivity contribution < 1.29 is 4.39 Å². The predicted molar refractivity (Wildman–Crippen MR) is 143 cm³/mol. The average Bonchev–Trinajstić information content (AvgIpc) is 2.97. The Morgan fingerprint density at radius 3 is 2.39 bits per heavy atom. The third-order valence-electron chi connectivity index (χ3n) is 5.28. The number of alkyl halides is 1. The highest BCUT2D eigenvalue weighted by atomic mass is 35.5. The molecular formula is C28H41ClFN3. The molecule has 1 unspecified atom stereocenters. The van der Waals surface area contributed by atoms with Gasteiger partial charge in [0.05, 0.1) is 12.3 Å². The standard InChI is InChI=1S/C17H15ClFN3.C9H20.C2H6/c1-10(19)14-8-11(18)2-3-12(14)17-13-4-6-21-9-15(13)16(20)5-7-22-17;1-4-5-6-7-8-9(2)3;1-2/h2-6,8-10H,7,20H2,1H3;9H,4-8H2,1-3H3;1-2H3. The zero-order valence-corrected chi connectivity index (χ0v) is 21.9. The second-order valence-corrected chi connectivity index (χ2v) is 8.80. The van der Waals surface area contributed by atoms with E-state index in [0.717, 1.165) is 22.6 Å². The van der Waals surface area contributed by atoms with E-state index in [1.807, 2.05) is 26.0 Å². The molecule has 33 heavy (non-hydrogen) atoms. The number of hydrogen-bond donors (Lipinski definition) is 1. The predicted octanol–water partition coefficient (Wildman–Crippen LogP) is 8.56. The zero-order valence-electron chi connectivity index (χ0n) is 21.2. The molecule has 1 aromatic heterocycles. The molecule has 1 atom stereocenters. The molecule has 0 saturated carbocycles. The van der Waals surface area contributed by atoms with Gasteiger partial charge < -0.3 is 5.73 Å². The highest BCUT2D eigenvalue weighted by molar-refractivity contribution is 6.31. The van der Waals surface area contributed by atoms with Gasteiger partial charge in [0.1, 0.15) is 6.17 Å². The van der Waals surface area contributed by atoms with E-state index in [0.29, 0.717) is 28.5 Å². The van der Waals surface area contributed by atoms with Gasteiger partial charge in [0.15, 0.2) is 0 Å². The van der Waals surface area contributed by atoms with E-state index >= 15 is 0 Å². The molecule has 0 amide bonds. The van der Waals surface area contributed by atoms with Crippen LogP contribution in [0.3, 0.4) is 0 Å². The van der Waals surface area contributed by atoms with E-state index in [-0.39, 0.29) is 0 Å². The van der Waals surface area contributed by atoms with E-state index in [1.54, 1.807) is 30.6 Å². The van der Waals surface area contributed by atoms with Gasteiger partial charge in [0.2, 0.25) is 0 Å². The van der Waals surface area contributed by atoms with Gasteiger partial charge in [-0.05, 0) is 42.7 Å². The molecule has 1 aliphatic heterocycles. The van der Waals surface area contributed by atoms with E-state index in [1.165, 1.54) is 39.0 Å². The van der Waals surface area contributed by atoms with Gasteiger partial charge in [-0.3, -0.25) is 9.98 Å². The first kappa shape index (κ1) is 28.8. The summed E-state index contributed by atoms with van der Waals surface area (Å²) in [7, 11) is 0. The zero-order chi connectivity index (χ0) is 24.8. The Morgan fingerprint density at radius 1 is 1.03 bits per heavy atom. The van der Waals surface area contributed by atoms with Gasteiger partial charge in [-0.25, -0.2) is 4.39 Å². The molecule has 1 aliphatic rings. The molecule has 0 bridgehead atoms. The van der Waals surface area contributed by atoms with Crippen molar-refractivity contribution in [3.8, 4) is 0 Å². The minimum Gasteiger partial charge on any atom is -0.398 e. The van der Waals surface area contributed by atoms with Crippen LogP contribution in [0.25, 0.3) is 5.70 Å². The third kappa shape index (κ3) is 9.29. The van der Waals surface area contributed by atoms with Gasteiger partial charge in [-0.1, -0.05) is 84.4 Å². The second-order valence-electron chi connectivity index (χ2n) is 8.36. The molecular weight excluding hydrogens is 433 g/mol. The molecule has 0 aliphatic carbocycles. The Morgan fingerprint density at radius 2 is 1.76 bits per heavy atom. The van der Waals surface area contributed by atoms with Crippen molar-refractivity contribution in [2.45, 2.75) is 79.8 Å². The van der Waals surface area contributed by atoms with E-state index in [4.69, 9.17) is 17.3 Å². The van der Waals surface area contributed by atoms with Crippen LogP contribution in [0, 0.1) is 5.92 Å². The average molecular weight is 474 g/mol. The number of hydrogen-bond acceptors (Lipinski definition) is 3. The number of benzene rings is 1. The summed E-state index contributed by atoms with van der Waals surface area (Å²) in [5, 5.41) is 0.505. The molecule has 1 aromatic carbocycles. The summed E-state index contributed by atoms with van der Waals surface area (Å²) in [5.41, 5.74) is 10.3. The highest BCUT2D eigenvalue weighted by Crippen LogP contribution is 2.29. The first-order valence-electron chi connectivity index (χ1n) is 12.2. The Balaban J connectivity index is 0.000000420.